The number of ether oxygens (including phenoxy) is 2. The molecule has 0 aliphatic carbocycles. The number of anilines is 1. The third-order valence-electron chi connectivity index (χ3n) is 7.14. The molecule has 0 N–H and O–H groups in total. The van der Waals surface area contributed by atoms with Gasteiger partial charge in [-0.15, -0.1) is 0 Å². The Kier molecular flexibility index (Phi) is 7.47. The number of fused-ring (bicyclic) bond motifs is 1. The van der Waals surface area contributed by atoms with E-state index in [2.05, 4.69) is 0 Å². The second-order valence-corrected chi connectivity index (χ2v) is 11.5. The van der Waals surface area contributed by atoms with Crippen LogP contribution >= 0.6 is 0 Å². The summed E-state index contributed by atoms with van der Waals surface area (Å²) in [6.45, 7) is 0. The first-order valence-corrected chi connectivity index (χ1v) is 14.1. The van der Waals surface area contributed by atoms with Crippen LogP contribution in [0.15, 0.2) is 102 Å². The molecule has 204 valence electrons. The van der Waals surface area contributed by atoms with Crippen LogP contribution in [0.25, 0.3) is 11.6 Å². The maximum atomic E-state index is 14.1. The number of methoxy groups -OCH3 is 2. The molecular weight excluding hydrogens is 524 g/mol. The number of hydrogen-bond donors (Lipinski definition) is 0. The SMILES string of the molecule is COc1ccc(/C=C2/C(=O)N(C)c3ccc(S(=O)(=O)N(C)C(c4ccccc4)c4ccccc4)cc32)cc1OC. The number of benzene rings is 4. The molecule has 1 aliphatic rings. The first-order chi connectivity index (χ1) is 19.3. The number of likely N-dealkylation sites (N-methyl/N-ethyl adjacent to an activating group) is 1. The van der Waals surface area contributed by atoms with Crippen molar-refractivity contribution in [2.75, 3.05) is 33.2 Å². The van der Waals surface area contributed by atoms with E-state index in [1.54, 1.807) is 64.7 Å². The van der Waals surface area contributed by atoms with E-state index >= 15 is 0 Å². The highest BCUT2D eigenvalue weighted by Crippen LogP contribution is 2.40. The summed E-state index contributed by atoms with van der Waals surface area (Å²) < 4.78 is 40.3. The van der Waals surface area contributed by atoms with Crippen molar-refractivity contribution in [1.29, 1.82) is 0 Å². The van der Waals surface area contributed by atoms with Crippen molar-refractivity contribution in [2.24, 2.45) is 0 Å². The van der Waals surface area contributed by atoms with Gasteiger partial charge in [0, 0.05) is 25.2 Å². The largest absolute Gasteiger partial charge is 0.493 e. The van der Waals surface area contributed by atoms with Gasteiger partial charge in [0.2, 0.25) is 10.0 Å². The van der Waals surface area contributed by atoms with E-state index in [1.807, 2.05) is 66.7 Å². The van der Waals surface area contributed by atoms with Gasteiger partial charge in [0.15, 0.2) is 11.5 Å². The second kappa shape index (κ2) is 11.0. The standard InChI is InChI=1S/C32H30N2O5S/c1-33-28-17-16-25(21-26(28)27(32(33)35)19-22-15-18-29(38-3)30(20-22)39-4)40(36,37)34(2)31(23-11-7-5-8-12-23)24-13-9-6-10-14-24/h5-21,31H,1-4H3/b27-19+. The average Bonchev–Trinajstić information content (AvgIpc) is 3.22. The van der Waals surface area contributed by atoms with E-state index in [4.69, 9.17) is 9.47 Å². The first kappa shape index (κ1) is 27.2. The fraction of sp³-hybridized carbons (Fsp3) is 0.156. The van der Waals surface area contributed by atoms with Gasteiger partial charge in [-0.2, -0.15) is 4.31 Å². The van der Waals surface area contributed by atoms with Crippen molar-refractivity contribution in [3.8, 4) is 11.5 Å². The van der Waals surface area contributed by atoms with Gasteiger partial charge >= 0.3 is 0 Å². The lowest BCUT2D eigenvalue weighted by Gasteiger charge is -2.28. The van der Waals surface area contributed by atoms with Crippen molar-refractivity contribution < 1.29 is 22.7 Å². The van der Waals surface area contributed by atoms with E-state index in [0.717, 1.165) is 16.7 Å². The summed E-state index contributed by atoms with van der Waals surface area (Å²) in [4.78, 5) is 14.9. The molecule has 0 unspecified atom stereocenters. The highest BCUT2D eigenvalue weighted by molar-refractivity contribution is 7.89. The van der Waals surface area contributed by atoms with Crippen LogP contribution < -0.4 is 14.4 Å². The number of nitrogens with zero attached hydrogens (tertiary/aromatic N) is 2. The third-order valence-corrected chi connectivity index (χ3v) is 8.96. The number of hydrogen-bond acceptors (Lipinski definition) is 5. The Labute approximate surface area is 234 Å². The van der Waals surface area contributed by atoms with Gasteiger partial charge in [0.05, 0.1) is 30.8 Å². The normalized spacial score (nSPS) is 14.2. The van der Waals surface area contributed by atoms with E-state index in [-0.39, 0.29) is 10.8 Å². The topological polar surface area (TPSA) is 76.2 Å². The Morgan fingerprint density at radius 3 is 1.98 bits per heavy atom. The molecule has 0 radical (unpaired) electrons. The predicted molar refractivity (Wildman–Crippen MR) is 157 cm³/mol. The highest BCUT2D eigenvalue weighted by Gasteiger charge is 2.34. The van der Waals surface area contributed by atoms with Gasteiger partial charge in [-0.3, -0.25) is 4.79 Å². The van der Waals surface area contributed by atoms with Crippen molar-refractivity contribution in [1.82, 2.24) is 4.31 Å². The molecule has 4 aromatic rings. The van der Waals surface area contributed by atoms with Crippen LogP contribution in [0.4, 0.5) is 5.69 Å². The molecule has 4 aromatic carbocycles. The predicted octanol–water partition coefficient (Wildman–Crippen LogP) is 5.63. The van der Waals surface area contributed by atoms with Crippen LogP contribution in [0, 0.1) is 0 Å². The lowest BCUT2D eigenvalue weighted by Crippen LogP contribution is -2.32. The molecule has 1 amide bonds. The monoisotopic (exact) mass is 554 g/mol. The molecule has 1 heterocycles. The Morgan fingerprint density at radius 1 is 0.800 bits per heavy atom. The summed E-state index contributed by atoms with van der Waals surface area (Å²) in [5.74, 6) is 0.878. The number of carbonyl (C=O) groups is 1. The van der Waals surface area contributed by atoms with E-state index < -0.39 is 16.1 Å². The third kappa shape index (κ3) is 4.87. The molecule has 0 fully saturated rings. The summed E-state index contributed by atoms with van der Waals surface area (Å²) in [7, 11) is 2.40. The fourth-order valence-electron chi connectivity index (χ4n) is 5.03. The molecule has 1 aliphatic heterocycles. The van der Waals surface area contributed by atoms with Crippen LogP contribution in [0.2, 0.25) is 0 Å². The van der Waals surface area contributed by atoms with Crippen molar-refractivity contribution >= 4 is 33.3 Å². The minimum Gasteiger partial charge on any atom is -0.493 e. The molecule has 0 saturated heterocycles. The van der Waals surface area contributed by atoms with E-state index in [1.165, 1.54) is 9.21 Å². The first-order valence-electron chi connectivity index (χ1n) is 12.7. The van der Waals surface area contributed by atoms with Crippen LogP contribution in [0.3, 0.4) is 0 Å². The van der Waals surface area contributed by atoms with Gasteiger partial charge in [-0.1, -0.05) is 66.7 Å². The Morgan fingerprint density at radius 2 is 1.40 bits per heavy atom. The molecule has 7 nitrogen and oxygen atoms in total. The minimum atomic E-state index is -3.97. The van der Waals surface area contributed by atoms with Crippen LogP contribution in [0.1, 0.15) is 28.3 Å². The molecule has 40 heavy (non-hydrogen) atoms. The molecule has 5 rings (SSSR count). The smallest absolute Gasteiger partial charge is 0.258 e. The maximum absolute atomic E-state index is 14.1. The van der Waals surface area contributed by atoms with Crippen molar-refractivity contribution in [3.05, 3.63) is 119 Å². The van der Waals surface area contributed by atoms with Crippen LogP contribution in [0.5, 0.6) is 11.5 Å². The van der Waals surface area contributed by atoms with Gasteiger partial charge in [0.25, 0.3) is 5.91 Å². The minimum absolute atomic E-state index is 0.104. The van der Waals surface area contributed by atoms with Crippen LogP contribution in [-0.2, 0) is 14.8 Å². The van der Waals surface area contributed by atoms with E-state index in [9.17, 15) is 13.2 Å². The lowest BCUT2D eigenvalue weighted by molar-refractivity contribution is -0.112. The summed E-state index contributed by atoms with van der Waals surface area (Å²) in [5.41, 5.74) is 4.01. The number of sulfonamides is 1. The second-order valence-electron chi connectivity index (χ2n) is 9.46. The summed E-state index contributed by atoms with van der Waals surface area (Å²) in [6.07, 6.45) is 1.74. The number of rotatable bonds is 8. The average molecular weight is 555 g/mol. The van der Waals surface area contributed by atoms with E-state index in [0.29, 0.717) is 28.3 Å². The molecule has 0 atom stereocenters. The molecule has 0 spiro atoms. The zero-order valence-electron chi connectivity index (χ0n) is 22.7. The van der Waals surface area contributed by atoms with Gasteiger partial charge < -0.3 is 14.4 Å². The van der Waals surface area contributed by atoms with Crippen molar-refractivity contribution in [3.63, 3.8) is 0 Å². The lowest BCUT2D eigenvalue weighted by atomic mass is 9.99. The van der Waals surface area contributed by atoms with Crippen molar-refractivity contribution in [2.45, 2.75) is 10.9 Å². The molecular formula is C32H30N2O5S. The zero-order valence-corrected chi connectivity index (χ0v) is 23.6. The molecule has 0 saturated carbocycles. The molecule has 0 bridgehead atoms. The Hall–Kier alpha value is -4.40. The number of amides is 1. The van der Waals surface area contributed by atoms with Gasteiger partial charge in [-0.05, 0) is 53.1 Å². The quantitative estimate of drug-likeness (QED) is 0.264. The Bertz CT molecular complexity index is 1650. The fourth-order valence-corrected chi connectivity index (χ4v) is 6.39. The Balaban J connectivity index is 1.58. The summed E-state index contributed by atoms with van der Waals surface area (Å²) in [6, 6.07) is 28.7. The number of carbonyl (C=O) groups excluding carboxylic acids is 1. The highest BCUT2D eigenvalue weighted by atomic mass is 32.2. The maximum Gasteiger partial charge on any atom is 0.258 e. The molecule has 0 aromatic heterocycles. The van der Waals surface area contributed by atoms with Gasteiger partial charge in [-0.25, -0.2) is 8.42 Å². The van der Waals surface area contributed by atoms with Crippen LogP contribution in [-0.4, -0.2) is 46.9 Å². The van der Waals surface area contributed by atoms with Gasteiger partial charge in [0.1, 0.15) is 0 Å². The summed E-state index contributed by atoms with van der Waals surface area (Å²) >= 11 is 0. The summed E-state index contributed by atoms with van der Waals surface area (Å²) in [5, 5.41) is 0. The molecule has 8 heteroatoms. The zero-order chi connectivity index (χ0) is 28.4.